The molecule has 0 fully saturated rings. The van der Waals surface area contributed by atoms with Crippen molar-refractivity contribution in [2.45, 2.75) is 13.3 Å². The number of fused-ring (bicyclic) bond motifs is 4. The molecule has 3 heteroatoms. The molecule has 1 aromatic carbocycles. The summed E-state index contributed by atoms with van der Waals surface area (Å²) in [6.07, 6.45) is 5.12. The maximum absolute atomic E-state index is 6.11. The Hall–Kier alpha value is -2.68. The van der Waals surface area contributed by atoms with Gasteiger partial charge in [0.2, 0.25) is 11.4 Å². The fraction of sp³-hybridized carbons (Fsp3) is 0.158. The normalized spacial score (nSPS) is 12.8. The van der Waals surface area contributed by atoms with Crippen LogP contribution in [-0.4, -0.2) is 4.98 Å². The smallest absolute Gasteiger partial charge is 0.227 e. The molecule has 0 atom stereocenters. The highest BCUT2D eigenvalue weighted by atomic mass is 16.3. The van der Waals surface area contributed by atoms with Gasteiger partial charge in [0.1, 0.15) is 7.05 Å². The van der Waals surface area contributed by atoms with Gasteiger partial charge in [0, 0.05) is 35.0 Å². The predicted octanol–water partition coefficient (Wildman–Crippen LogP) is 3.69. The number of aromatic nitrogens is 2. The Morgan fingerprint density at radius 1 is 1.14 bits per heavy atom. The lowest BCUT2D eigenvalue weighted by molar-refractivity contribution is -0.660. The van der Waals surface area contributed by atoms with Crippen LogP contribution in [0.3, 0.4) is 0 Å². The van der Waals surface area contributed by atoms with Gasteiger partial charge in [-0.25, -0.2) is 9.55 Å². The highest BCUT2D eigenvalue weighted by Crippen LogP contribution is 2.38. The molecule has 0 amide bonds. The fourth-order valence-electron chi connectivity index (χ4n) is 3.34. The first-order valence-corrected chi connectivity index (χ1v) is 7.51. The van der Waals surface area contributed by atoms with Crippen molar-refractivity contribution in [2.75, 3.05) is 0 Å². The Morgan fingerprint density at radius 3 is 2.95 bits per heavy atom. The molecule has 0 aliphatic heterocycles. The van der Waals surface area contributed by atoms with E-state index in [9.17, 15) is 0 Å². The molecule has 5 rings (SSSR count). The van der Waals surface area contributed by atoms with Gasteiger partial charge >= 0.3 is 0 Å². The molecule has 0 spiro atoms. The maximum Gasteiger partial charge on any atom is 0.227 e. The highest BCUT2D eigenvalue weighted by Gasteiger charge is 2.27. The molecular formula is C19H15N2O+. The molecule has 1 aliphatic rings. The second kappa shape index (κ2) is 3.95. The molecule has 0 saturated carbocycles. The van der Waals surface area contributed by atoms with Crippen LogP contribution in [0.15, 0.2) is 47.1 Å². The van der Waals surface area contributed by atoms with Crippen molar-refractivity contribution >= 4 is 22.1 Å². The summed E-state index contributed by atoms with van der Waals surface area (Å²) in [6.45, 7) is 2.14. The third-order valence-electron chi connectivity index (χ3n) is 4.59. The SMILES string of the molecule is Cc1ccc2c(oc3ncccc32)c1-c1cc2c(c[n+]1C)C2. The van der Waals surface area contributed by atoms with Gasteiger partial charge < -0.3 is 4.42 Å². The Bertz CT molecular complexity index is 1080. The average Bonchev–Trinajstić information content (AvgIpc) is 3.16. The van der Waals surface area contributed by atoms with E-state index >= 15 is 0 Å². The quantitative estimate of drug-likeness (QED) is 0.440. The van der Waals surface area contributed by atoms with Crippen LogP contribution in [0.2, 0.25) is 0 Å². The zero-order valence-electron chi connectivity index (χ0n) is 12.6. The fourth-order valence-corrected chi connectivity index (χ4v) is 3.34. The third-order valence-corrected chi connectivity index (χ3v) is 4.59. The number of benzene rings is 1. The Labute approximate surface area is 127 Å². The van der Waals surface area contributed by atoms with Gasteiger partial charge in [-0.1, -0.05) is 12.1 Å². The summed E-state index contributed by atoms with van der Waals surface area (Å²) < 4.78 is 8.31. The summed E-state index contributed by atoms with van der Waals surface area (Å²) in [5.41, 5.74) is 8.14. The van der Waals surface area contributed by atoms with Gasteiger partial charge in [-0.3, -0.25) is 0 Å². The largest absolute Gasteiger partial charge is 0.437 e. The summed E-state index contributed by atoms with van der Waals surface area (Å²) in [6, 6.07) is 10.6. The molecule has 3 aromatic heterocycles. The molecule has 0 N–H and O–H groups in total. The minimum atomic E-state index is 0.707. The number of furan rings is 1. The van der Waals surface area contributed by atoms with E-state index in [1.54, 1.807) is 6.20 Å². The van der Waals surface area contributed by atoms with Crippen molar-refractivity contribution in [3.63, 3.8) is 0 Å². The summed E-state index contributed by atoms with van der Waals surface area (Å²) in [4.78, 5) is 4.36. The zero-order chi connectivity index (χ0) is 14.8. The summed E-state index contributed by atoms with van der Waals surface area (Å²) >= 11 is 0. The van der Waals surface area contributed by atoms with Gasteiger partial charge in [-0.05, 0) is 30.2 Å². The monoisotopic (exact) mass is 287 g/mol. The van der Waals surface area contributed by atoms with Crippen LogP contribution in [-0.2, 0) is 13.5 Å². The first kappa shape index (κ1) is 11.9. The highest BCUT2D eigenvalue weighted by molar-refractivity contribution is 6.08. The average molecular weight is 287 g/mol. The second-order valence-electron chi connectivity index (χ2n) is 6.09. The van der Waals surface area contributed by atoms with Crippen molar-refractivity contribution in [3.05, 3.63) is 59.4 Å². The molecule has 0 saturated heterocycles. The lowest BCUT2D eigenvalue weighted by Crippen LogP contribution is -2.30. The van der Waals surface area contributed by atoms with Crippen LogP contribution in [0.25, 0.3) is 33.3 Å². The van der Waals surface area contributed by atoms with Crippen molar-refractivity contribution in [1.29, 1.82) is 0 Å². The lowest BCUT2D eigenvalue weighted by atomic mass is 10.0. The topological polar surface area (TPSA) is 29.9 Å². The van der Waals surface area contributed by atoms with Crippen molar-refractivity contribution < 1.29 is 8.98 Å². The molecule has 4 aromatic rings. The molecule has 0 unspecified atom stereocenters. The van der Waals surface area contributed by atoms with Crippen molar-refractivity contribution in [2.24, 2.45) is 7.05 Å². The van der Waals surface area contributed by atoms with E-state index < -0.39 is 0 Å². The van der Waals surface area contributed by atoms with Crippen LogP contribution in [0.1, 0.15) is 16.7 Å². The van der Waals surface area contributed by atoms with E-state index in [2.05, 4.69) is 54.0 Å². The molecular weight excluding hydrogens is 272 g/mol. The first-order valence-electron chi connectivity index (χ1n) is 7.51. The number of hydrogen-bond acceptors (Lipinski definition) is 2. The minimum absolute atomic E-state index is 0.707. The standard InChI is InChI=1S/C19H15N2O/c1-11-5-6-14-15-4-3-7-20-19(15)22-18(14)17(11)16-9-12-8-13(12)10-21(16)2/h3-7,9-10H,8H2,1-2H3/q+1. The van der Waals surface area contributed by atoms with Gasteiger partial charge in [-0.2, -0.15) is 0 Å². The van der Waals surface area contributed by atoms with E-state index in [4.69, 9.17) is 4.42 Å². The summed E-state index contributed by atoms with van der Waals surface area (Å²) in [5.74, 6) is 0. The molecule has 0 bridgehead atoms. The zero-order valence-corrected chi connectivity index (χ0v) is 12.6. The summed E-state index contributed by atoms with van der Waals surface area (Å²) in [7, 11) is 2.10. The second-order valence-corrected chi connectivity index (χ2v) is 6.09. The molecule has 0 radical (unpaired) electrons. The number of aryl methyl sites for hydroxylation is 2. The minimum Gasteiger partial charge on any atom is -0.437 e. The van der Waals surface area contributed by atoms with Gasteiger partial charge in [0.05, 0.1) is 5.56 Å². The molecule has 1 aliphatic carbocycles. The van der Waals surface area contributed by atoms with Crippen molar-refractivity contribution in [3.8, 4) is 11.3 Å². The molecule has 106 valence electrons. The van der Waals surface area contributed by atoms with E-state index in [-0.39, 0.29) is 0 Å². The maximum atomic E-state index is 6.11. The van der Waals surface area contributed by atoms with E-state index in [1.807, 2.05) is 6.07 Å². The van der Waals surface area contributed by atoms with E-state index in [1.165, 1.54) is 27.9 Å². The number of nitrogens with zero attached hydrogens (tertiary/aromatic N) is 2. The van der Waals surface area contributed by atoms with Crippen LogP contribution < -0.4 is 4.57 Å². The van der Waals surface area contributed by atoms with E-state index in [0.717, 1.165) is 22.8 Å². The van der Waals surface area contributed by atoms with Crippen LogP contribution >= 0.6 is 0 Å². The number of hydrogen-bond donors (Lipinski definition) is 0. The van der Waals surface area contributed by atoms with Crippen molar-refractivity contribution in [1.82, 2.24) is 4.98 Å². The Balaban J connectivity index is 1.93. The molecule has 3 nitrogen and oxygen atoms in total. The predicted molar refractivity (Wildman–Crippen MR) is 85.7 cm³/mol. The molecule has 3 heterocycles. The number of rotatable bonds is 1. The Kier molecular flexibility index (Phi) is 2.14. The van der Waals surface area contributed by atoms with Gasteiger partial charge in [-0.15, -0.1) is 0 Å². The van der Waals surface area contributed by atoms with Crippen LogP contribution in [0, 0.1) is 6.92 Å². The number of pyridine rings is 2. The first-order chi connectivity index (χ1) is 10.7. The van der Waals surface area contributed by atoms with Crippen LogP contribution in [0.4, 0.5) is 0 Å². The van der Waals surface area contributed by atoms with Crippen LogP contribution in [0.5, 0.6) is 0 Å². The lowest BCUT2D eigenvalue weighted by Gasteiger charge is -2.04. The van der Waals surface area contributed by atoms with Gasteiger partial charge in [0.25, 0.3) is 0 Å². The van der Waals surface area contributed by atoms with E-state index in [0.29, 0.717) is 5.71 Å². The Morgan fingerprint density at radius 2 is 2.05 bits per heavy atom. The molecule has 22 heavy (non-hydrogen) atoms. The van der Waals surface area contributed by atoms with Gasteiger partial charge in [0.15, 0.2) is 11.8 Å². The summed E-state index contributed by atoms with van der Waals surface area (Å²) in [5, 5.41) is 2.21. The third kappa shape index (κ3) is 1.51.